The van der Waals surface area contributed by atoms with Crippen molar-refractivity contribution in [3.63, 3.8) is 0 Å². The number of thiophene rings is 1. The number of nitrogens with two attached hydrogens (primary N) is 1. The van der Waals surface area contributed by atoms with Crippen LogP contribution in [0.2, 0.25) is 0 Å². The van der Waals surface area contributed by atoms with Crippen LogP contribution in [-0.4, -0.2) is 47.1 Å². The van der Waals surface area contributed by atoms with Crippen LogP contribution in [0.3, 0.4) is 0 Å². The minimum Gasteiger partial charge on any atom is -0.457 e. The zero-order chi connectivity index (χ0) is 29.0. The first-order chi connectivity index (χ1) is 19.0. The third-order valence-corrected chi connectivity index (χ3v) is 8.52. The van der Waals surface area contributed by atoms with E-state index in [-0.39, 0.29) is 47.6 Å². The summed E-state index contributed by atoms with van der Waals surface area (Å²) in [6.07, 6.45) is 0.498. The van der Waals surface area contributed by atoms with E-state index >= 15 is 0 Å². The van der Waals surface area contributed by atoms with Gasteiger partial charge in [-0.05, 0) is 68.1 Å². The van der Waals surface area contributed by atoms with Gasteiger partial charge in [-0.25, -0.2) is 0 Å². The number of nitrogens with zero attached hydrogens (tertiary/aromatic N) is 1. The molecule has 1 fully saturated rings. The lowest BCUT2D eigenvalue weighted by Crippen LogP contribution is -2.52. The van der Waals surface area contributed by atoms with E-state index < -0.39 is 6.04 Å². The standard InChI is InChI=1S/C30H35N5O4S/c1-18(25-14-21(17-40-25)27(31)32)34-29(38)24-15-30(3,4)19(2)35(24)26(36)16-33-28(37)20-10-12-23(13-11-20)39-22-8-6-5-7-9-22/h5-14,17-19,24H,15-16H2,1-4H3,(H3,31,32)(H,33,37)(H,34,38). The topological polar surface area (TPSA) is 138 Å². The molecule has 10 heteroatoms. The van der Waals surface area contributed by atoms with Gasteiger partial charge in [-0.3, -0.25) is 19.8 Å². The van der Waals surface area contributed by atoms with Crippen LogP contribution in [-0.2, 0) is 9.59 Å². The van der Waals surface area contributed by atoms with Crippen molar-refractivity contribution < 1.29 is 19.1 Å². The summed E-state index contributed by atoms with van der Waals surface area (Å²) in [5.74, 6) is 0.295. The van der Waals surface area contributed by atoms with Crippen molar-refractivity contribution in [1.29, 1.82) is 5.41 Å². The highest BCUT2D eigenvalue weighted by Crippen LogP contribution is 2.40. The zero-order valence-electron chi connectivity index (χ0n) is 23.1. The van der Waals surface area contributed by atoms with Gasteiger partial charge in [-0.1, -0.05) is 32.0 Å². The Bertz CT molecular complexity index is 1390. The summed E-state index contributed by atoms with van der Waals surface area (Å²) < 4.78 is 5.77. The Morgan fingerprint density at radius 3 is 2.38 bits per heavy atom. The summed E-state index contributed by atoms with van der Waals surface area (Å²) in [5.41, 5.74) is 6.29. The van der Waals surface area contributed by atoms with Crippen LogP contribution in [0.25, 0.3) is 0 Å². The number of nitrogens with one attached hydrogen (secondary N) is 3. The van der Waals surface area contributed by atoms with Crippen LogP contribution >= 0.6 is 11.3 Å². The average molecular weight is 562 g/mol. The maximum absolute atomic E-state index is 13.4. The lowest BCUT2D eigenvalue weighted by Gasteiger charge is -2.31. The number of nitrogen functional groups attached to an aromatic ring is 1. The summed E-state index contributed by atoms with van der Waals surface area (Å²) in [5, 5.41) is 15.1. The van der Waals surface area contributed by atoms with Crippen LogP contribution in [0, 0.1) is 10.8 Å². The highest BCUT2D eigenvalue weighted by atomic mass is 32.1. The van der Waals surface area contributed by atoms with Gasteiger partial charge < -0.3 is 26.0 Å². The van der Waals surface area contributed by atoms with E-state index in [1.807, 2.05) is 58.0 Å². The van der Waals surface area contributed by atoms with E-state index in [4.69, 9.17) is 15.9 Å². The molecule has 0 aliphatic carbocycles. The van der Waals surface area contributed by atoms with Crippen molar-refractivity contribution in [3.05, 3.63) is 82.0 Å². The molecule has 9 nitrogen and oxygen atoms in total. The van der Waals surface area contributed by atoms with Gasteiger partial charge in [0.2, 0.25) is 11.8 Å². The lowest BCUT2D eigenvalue weighted by atomic mass is 9.84. The van der Waals surface area contributed by atoms with E-state index in [0.29, 0.717) is 29.0 Å². The van der Waals surface area contributed by atoms with Gasteiger partial charge in [0.1, 0.15) is 23.4 Å². The second-order valence-corrected chi connectivity index (χ2v) is 11.6. The molecule has 0 bridgehead atoms. The van der Waals surface area contributed by atoms with Crippen molar-refractivity contribution >= 4 is 34.9 Å². The molecule has 3 aromatic rings. The van der Waals surface area contributed by atoms with Gasteiger partial charge in [0.15, 0.2) is 0 Å². The molecule has 40 heavy (non-hydrogen) atoms. The monoisotopic (exact) mass is 561 g/mol. The molecular formula is C30H35N5O4S. The maximum Gasteiger partial charge on any atom is 0.251 e. The molecular weight excluding hydrogens is 526 g/mol. The molecule has 210 valence electrons. The van der Waals surface area contributed by atoms with Crippen molar-refractivity contribution in [2.75, 3.05) is 6.54 Å². The largest absolute Gasteiger partial charge is 0.457 e. The Balaban J connectivity index is 1.38. The van der Waals surface area contributed by atoms with E-state index in [2.05, 4.69) is 10.6 Å². The fraction of sp³-hybridized carbons (Fsp3) is 0.333. The number of likely N-dealkylation sites (tertiary alicyclic amines) is 1. The Kier molecular flexibility index (Phi) is 8.58. The first kappa shape index (κ1) is 28.8. The highest BCUT2D eigenvalue weighted by molar-refractivity contribution is 7.10. The second kappa shape index (κ2) is 11.9. The Labute approximate surface area is 238 Å². The zero-order valence-corrected chi connectivity index (χ0v) is 23.9. The number of amidine groups is 1. The first-order valence-electron chi connectivity index (χ1n) is 13.1. The first-order valence-corrected chi connectivity index (χ1v) is 14.0. The quantitative estimate of drug-likeness (QED) is 0.226. The predicted molar refractivity (Wildman–Crippen MR) is 156 cm³/mol. The Morgan fingerprint density at radius 1 is 1.10 bits per heavy atom. The molecule has 5 N–H and O–H groups in total. The summed E-state index contributed by atoms with van der Waals surface area (Å²) in [4.78, 5) is 42.0. The highest BCUT2D eigenvalue weighted by Gasteiger charge is 2.49. The van der Waals surface area contributed by atoms with Crippen LogP contribution in [0.1, 0.15) is 61.0 Å². The van der Waals surface area contributed by atoms with Crippen LogP contribution in [0.15, 0.2) is 66.0 Å². The maximum atomic E-state index is 13.4. The number of ether oxygens (including phenoxy) is 1. The predicted octanol–water partition coefficient (Wildman–Crippen LogP) is 4.45. The molecule has 3 unspecified atom stereocenters. The van der Waals surface area contributed by atoms with E-state index in [1.165, 1.54) is 11.3 Å². The fourth-order valence-electron chi connectivity index (χ4n) is 4.77. The van der Waals surface area contributed by atoms with E-state index in [0.717, 1.165) is 4.88 Å². The molecule has 0 spiro atoms. The van der Waals surface area contributed by atoms with Gasteiger partial charge in [-0.15, -0.1) is 11.3 Å². The molecule has 3 atom stereocenters. The second-order valence-electron chi connectivity index (χ2n) is 10.7. The number of rotatable bonds is 9. The lowest BCUT2D eigenvalue weighted by molar-refractivity contribution is -0.139. The molecule has 3 amide bonds. The number of hydrogen-bond acceptors (Lipinski definition) is 6. The van der Waals surface area contributed by atoms with E-state index in [9.17, 15) is 14.4 Å². The molecule has 4 rings (SSSR count). The van der Waals surface area contributed by atoms with Crippen molar-refractivity contribution in [1.82, 2.24) is 15.5 Å². The molecule has 2 aromatic carbocycles. The number of para-hydroxylation sites is 1. The van der Waals surface area contributed by atoms with Crippen molar-refractivity contribution in [3.8, 4) is 11.5 Å². The molecule has 1 aromatic heterocycles. The smallest absolute Gasteiger partial charge is 0.251 e. The Morgan fingerprint density at radius 2 is 1.75 bits per heavy atom. The summed E-state index contributed by atoms with van der Waals surface area (Å²) >= 11 is 1.42. The third-order valence-electron chi connectivity index (χ3n) is 7.41. The van der Waals surface area contributed by atoms with Gasteiger partial charge >= 0.3 is 0 Å². The number of carbonyl (C=O) groups is 3. The van der Waals surface area contributed by atoms with Gasteiger partial charge in [0, 0.05) is 27.4 Å². The molecule has 1 saturated heterocycles. The van der Waals surface area contributed by atoms with Crippen LogP contribution in [0.5, 0.6) is 11.5 Å². The fourth-order valence-corrected chi connectivity index (χ4v) is 5.69. The SMILES string of the molecule is CC(NC(=O)C1CC(C)(C)C(C)N1C(=O)CNC(=O)c1ccc(Oc2ccccc2)cc1)c1cc(C(=N)N)cs1. The molecule has 1 aliphatic rings. The summed E-state index contributed by atoms with van der Waals surface area (Å²) in [6.45, 7) is 7.63. The van der Waals surface area contributed by atoms with Crippen molar-refractivity contribution in [2.24, 2.45) is 11.1 Å². The van der Waals surface area contributed by atoms with E-state index in [1.54, 1.807) is 40.6 Å². The summed E-state index contributed by atoms with van der Waals surface area (Å²) in [6, 6.07) is 16.6. The van der Waals surface area contributed by atoms with Gasteiger partial charge in [0.25, 0.3) is 5.91 Å². The van der Waals surface area contributed by atoms with Gasteiger partial charge in [0.05, 0.1) is 12.6 Å². The molecule has 2 heterocycles. The molecule has 0 saturated carbocycles. The van der Waals surface area contributed by atoms with Crippen molar-refractivity contribution in [2.45, 2.75) is 52.2 Å². The minimum atomic E-state index is -0.668. The number of amides is 3. The summed E-state index contributed by atoms with van der Waals surface area (Å²) in [7, 11) is 0. The molecule has 0 radical (unpaired) electrons. The molecule has 1 aliphatic heterocycles. The average Bonchev–Trinajstić information content (AvgIpc) is 3.51. The number of hydrogen-bond donors (Lipinski definition) is 4. The Hall–Kier alpha value is -4.18. The minimum absolute atomic E-state index is 0.0253. The number of carbonyl (C=O) groups excluding carboxylic acids is 3. The number of benzene rings is 2. The van der Waals surface area contributed by atoms with Gasteiger partial charge in [-0.2, -0.15) is 0 Å². The van der Waals surface area contributed by atoms with Crippen LogP contribution in [0.4, 0.5) is 0 Å². The normalized spacial score (nSPS) is 18.6. The van der Waals surface area contributed by atoms with Crippen LogP contribution < -0.4 is 21.1 Å². The third kappa shape index (κ3) is 6.51.